The lowest BCUT2D eigenvalue weighted by molar-refractivity contribution is 0.0561. The number of hydrogen-bond donors (Lipinski definition) is 0. The van der Waals surface area contributed by atoms with Gasteiger partial charge >= 0.3 is 5.97 Å². The number of esters is 1. The van der Waals surface area contributed by atoms with Gasteiger partial charge in [0, 0.05) is 11.1 Å². The average Bonchev–Trinajstić information content (AvgIpc) is 3.07. The van der Waals surface area contributed by atoms with E-state index in [2.05, 4.69) is 4.98 Å². The fourth-order valence-electron chi connectivity index (χ4n) is 2.12. The van der Waals surface area contributed by atoms with Crippen LogP contribution in [-0.4, -0.2) is 17.6 Å². The topological polar surface area (TPSA) is 63.0 Å². The smallest absolute Gasteiger partial charge is 0.351 e. The maximum Gasteiger partial charge on any atom is 0.351 e. The summed E-state index contributed by atoms with van der Waals surface area (Å²) in [5.41, 5.74) is 2.36. The van der Waals surface area contributed by atoms with E-state index in [9.17, 15) is 4.79 Å². The number of carbonyl (C=O) groups excluding carboxylic acids is 1. The summed E-state index contributed by atoms with van der Waals surface area (Å²) in [4.78, 5) is 17.3. The molecule has 0 spiro atoms. The van der Waals surface area contributed by atoms with Crippen molar-refractivity contribution in [1.82, 2.24) is 4.98 Å². The molecule has 0 saturated carbocycles. The van der Waals surface area contributed by atoms with E-state index in [1.165, 1.54) is 11.3 Å². The summed E-state index contributed by atoms with van der Waals surface area (Å²) in [6, 6.07) is 20.9. The minimum absolute atomic E-state index is 0.272. The van der Waals surface area contributed by atoms with E-state index in [4.69, 9.17) is 10.00 Å². The van der Waals surface area contributed by atoms with Gasteiger partial charge in [-0.15, -0.1) is 11.3 Å². The van der Waals surface area contributed by atoms with Crippen LogP contribution in [0.3, 0.4) is 0 Å². The van der Waals surface area contributed by atoms with Crippen molar-refractivity contribution in [2.45, 2.75) is 0 Å². The van der Waals surface area contributed by atoms with Gasteiger partial charge in [-0.3, -0.25) is 0 Å². The number of carbonyl (C=O) groups is 1. The summed E-state index contributed by atoms with van der Waals surface area (Å²) in [6.07, 6.45) is 0. The zero-order valence-corrected chi connectivity index (χ0v) is 12.9. The van der Waals surface area contributed by atoms with Gasteiger partial charge in [0.05, 0.1) is 5.69 Å². The lowest BCUT2D eigenvalue weighted by Crippen LogP contribution is -2.04. The van der Waals surface area contributed by atoms with Gasteiger partial charge in [0.2, 0.25) is 0 Å². The van der Waals surface area contributed by atoms with Gasteiger partial charge in [0.15, 0.2) is 6.61 Å². The number of hydrogen-bond acceptors (Lipinski definition) is 5. The Kier molecular flexibility index (Phi) is 4.46. The monoisotopic (exact) mass is 320 g/mol. The van der Waals surface area contributed by atoms with E-state index in [-0.39, 0.29) is 6.61 Å². The van der Waals surface area contributed by atoms with Crippen LogP contribution in [0, 0.1) is 11.3 Å². The molecule has 0 aliphatic carbocycles. The summed E-state index contributed by atoms with van der Waals surface area (Å²) < 4.78 is 4.96. The van der Waals surface area contributed by atoms with E-state index < -0.39 is 5.97 Å². The highest BCUT2D eigenvalue weighted by Gasteiger charge is 2.21. The van der Waals surface area contributed by atoms with Gasteiger partial charge in [-0.1, -0.05) is 60.7 Å². The molecule has 0 fully saturated rings. The van der Waals surface area contributed by atoms with Crippen LogP contribution in [0.15, 0.2) is 60.7 Å². The maximum absolute atomic E-state index is 12.2. The Balaban J connectivity index is 2.07. The van der Waals surface area contributed by atoms with Crippen molar-refractivity contribution in [2.75, 3.05) is 6.61 Å². The Bertz CT molecular complexity index is 852. The van der Waals surface area contributed by atoms with Crippen molar-refractivity contribution in [1.29, 1.82) is 5.26 Å². The molecular formula is C18H12N2O2S. The van der Waals surface area contributed by atoms with Gasteiger partial charge in [-0.05, 0) is 0 Å². The van der Waals surface area contributed by atoms with Crippen LogP contribution in [0.5, 0.6) is 0 Å². The van der Waals surface area contributed by atoms with Crippen molar-refractivity contribution in [3.63, 3.8) is 0 Å². The standard InChI is InChI=1S/C18H12N2O2S/c19-11-12-22-18(21)16-15(13-7-3-1-4-8-13)20-17(23-16)14-9-5-2-6-10-14/h1-10H,12H2. The molecule has 0 amide bonds. The van der Waals surface area contributed by atoms with Crippen LogP contribution in [-0.2, 0) is 4.74 Å². The van der Waals surface area contributed by atoms with Crippen molar-refractivity contribution in [3.8, 4) is 27.9 Å². The summed E-state index contributed by atoms with van der Waals surface area (Å²) in [6.45, 7) is -0.272. The quantitative estimate of drug-likeness (QED) is 0.677. The molecule has 3 rings (SSSR count). The van der Waals surface area contributed by atoms with Crippen molar-refractivity contribution < 1.29 is 9.53 Å². The molecule has 3 aromatic rings. The lowest BCUT2D eigenvalue weighted by Gasteiger charge is -2.01. The predicted octanol–water partition coefficient (Wildman–Crippen LogP) is 4.16. The molecule has 0 bridgehead atoms. The van der Waals surface area contributed by atoms with Gasteiger partial charge in [-0.25, -0.2) is 9.78 Å². The number of nitrogens with zero attached hydrogens (tertiary/aromatic N) is 2. The van der Waals surface area contributed by atoms with Crippen molar-refractivity contribution >= 4 is 17.3 Å². The molecule has 0 N–H and O–H groups in total. The van der Waals surface area contributed by atoms with Crippen LogP contribution in [0.25, 0.3) is 21.8 Å². The number of ether oxygens (including phenoxy) is 1. The number of rotatable bonds is 4. The zero-order chi connectivity index (χ0) is 16.1. The largest absolute Gasteiger partial charge is 0.446 e. The van der Waals surface area contributed by atoms with Crippen LogP contribution >= 0.6 is 11.3 Å². The highest BCUT2D eigenvalue weighted by atomic mass is 32.1. The Morgan fingerprint density at radius 2 is 1.65 bits per heavy atom. The second-order valence-corrected chi connectivity index (χ2v) is 5.66. The molecule has 112 valence electrons. The number of thiazole rings is 1. The van der Waals surface area contributed by atoms with E-state index in [0.29, 0.717) is 10.6 Å². The second-order valence-electron chi connectivity index (χ2n) is 4.66. The molecule has 1 aromatic heterocycles. The minimum atomic E-state index is -0.523. The number of nitriles is 1. The minimum Gasteiger partial charge on any atom is -0.446 e. The Hall–Kier alpha value is -2.97. The van der Waals surface area contributed by atoms with E-state index >= 15 is 0 Å². The summed E-state index contributed by atoms with van der Waals surface area (Å²) in [5, 5.41) is 9.34. The molecule has 23 heavy (non-hydrogen) atoms. The molecule has 0 saturated heterocycles. The first-order chi connectivity index (χ1) is 11.3. The Morgan fingerprint density at radius 3 is 2.26 bits per heavy atom. The molecule has 0 atom stereocenters. The molecule has 0 radical (unpaired) electrons. The first kappa shape index (κ1) is 14.9. The van der Waals surface area contributed by atoms with Crippen LogP contribution in [0.1, 0.15) is 9.67 Å². The highest BCUT2D eigenvalue weighted by Crippen LogP contribution is 2.34. The molecule has 5 heteroatoms. The lowest BCUT2D eigenvalue weighted by atomic mass is 10.1. The third-order valence-electron chi connectivity index (χ3n) is 3.15. The van der Waals surface area contributed by atoms with E-state index in [0.717, 1.165) is 16.1 Å². The maximum atomic E-state index is 12.2. The SMILES string of the molecule is N#CCOC(=O)c1sc(-c2ccccc2)nc1-c1ccccc1. The summed E-state index contributed by atoms with van der Waals surface area (Å²) in [5.74, 6) is -0.523. The van der Waals surface area contributed by atoms with Crippen LogP contribution in [0.4, 0.5) is 0 Å². The number of benzene rings is 2. The first-order valence-electron chi connectivity index (χ1n) is 6.95. The Morgan fingerprint density at radius 1 is 1.04 bits per heavy atom. The molecule has 4 nitrogen and oxygen atoms in total. The van der Waals surface area contributed by atoms with Crippen molar-refractivity contribution in [2.24, 2.45) is 0 Å². The molecule has 0 aliphatic rings. The summed E-state index contributed by atoms with van der Waals surface area (Å²) >= 11 is 1.27. The molecule has 0 aliphatic heterocycles. The van der Waals surface area contributed by atoms with Gasteiger partial charge < -0.3 is 4.74 Å². The van der Waals surface area contributed by atoms with Crippen LogP contribution < -0.4 is 0 Å². The molecule has 1 heterocycles. The normalized spacial score (nSPS) is 10.0. The van der Waals surface area contributed by atoms with Crippen LogP contribution in [0.2, 0.25) is 0 Å². The average molecular weight is 320 g/mol. The zero-order valence-electron chi connectivity index (χ0n) is 12.1. The molecule has 0 unspecified atom stereocenters. The van der Waals surface area contributed by atoms with Gasteiger partial charge in [0.25, 0.3) is 0 Å². The summed E-state index contributed by atoms with van der Waals surface area (Å²) in [7, 11) is 0. The first-order valence-corrected chi connectivity index (χ1v) is 7.77. The Labute approximate surface area is 137 Å². The van der Waals surface area contributed by atoms with Gasteiger partial charge in [-0.2, -0.15) is 5.26 Å². The van der Waals surface area contributed by atoms with Crippen molar-refractivity contribution in [3.05, 3.63) is 65.5 Å². The predicted molar refractivity (Wildman–Crippen MR) is 88.9 cm³/mol. The van der Waals surface area contributed by atoms with E-state index in [1.54, 1.807) is 0 Å². The third-order valence-corrected chi connectivity index (χ3v) is 4.23. The molecular weight excluding hydrogens is 308 g/mol. The second kappa shape index (κ2) is 6.86. The van der Waals surface area contributed by atoms with E-state index in [1.807, 2.05) is 66.7 Å². The highest BCUT2D eigenvalue weighted by molar-refractivity contribution is 7.17. The third kappa shape index (κ3) is 3.28. The van der Waals surface area contributed by atoms with Gasteiger partial charge in [0.1, 0.15) is 16.0 Å². The number of aromatic nitrogens is 1. The fraction of sp³-hybridized carbons (Fsp3) is 0.0556. The molecule has 2 aromatic carbocycles. The fourth-order valence-corrected chi connectivity index (χ4v) is 3.10.